The third-order valence-electron chi connectivity index (χ3n) is 2.56. The van der Waals surface area contributed by atoms with Crippen LogP contribution in [0, 0.1) is 5.82 Å². The van der Waals surface area contributed by atoms with Crippen LogP contribution in [0.5, 0.6) is 0 Å². The Hall–Kier alpha value is -2.15. The van der Waals surface area contributed by atoms with E-state index in [9.17, 15) is 12.8 Å². The fraction of sp³-hybridized carbons (Fsp3) is 0.154. The molecule has 1 aromatic carbocycles. The summed E-state index contributed by atoms with van der Waals surface area (Å²) in [5.41, 5.74) is 0.335. The van der Waals surface area contributed by atoms with Crippen LogP contribution >= 0.6 is 0 Å². The van der Waals surface area contributed by atoms with Gasteiger partial charge in [-0.3, -0.25) is 4.72 Å². The van der Waals surface area contributed by atoms with Crippen molar-refractivity contribution in [3.05, 3.63) is 48.4 Å². The molecule has 106 valence electrons. The summed E-state index contributed by atoms with van der Waals surface area (Å²) in [6.07, 6.45) is 1.56. The number of nitrogens with zero attached hydrogens (tertiary/aromatic N) is 2. The molecule has 0 aliphatic heterocycles. The van der Waals surface area contributed by atoms with Crippen molar-refractivity contribution in [1.29, 1.82) is 0 Å². The van der Waals surface area contributed by atoms with E-state index in [1.54, 1.807) is 37.3 Å². The number of hydrogen-bond donors (Lipinski definition) is 1. The normalized spacial score (nSPS) is 11.2. The minimum Gasteiger partial charge on any atom is -0.361 e. The number of pyridine rings is 1. The minimum atomic E-state index is -3.85. The van der Waals surface area contributed by atoms with Crippen LogP contribution in [0.15, 0.2) is 47.5 Å². The third-order valence-corrected chi connectivity index (χ3v) is 3.92. The van der Waals surface area contributed by atoms with Crippen LogP contribution in [0.2, 0.25) is 0 Å². The van der Waals surface area contributed by atoms with Gasteiger partial charge in [-0.05, 0) is 30.3 Å². The predicted molar refractivity (Wildman–Crippen MR) is 75.8 cm³/mol. The van der Waals surface area contributed by atoms with Crippen molar-refractivity contribution < 1.29 is 12.8 Å². The molecule has 0 atom stereocenters. The van der Waals surface area contributed by atoms with Crippen LogP contribution in [0.1, 0.15) is 0 Å². The highest BCUT2D eigenvalue weighted by molar-refractivity contribution is 7.92. The van der Waals surface area contributed by atoms with Gasteiger partial charge in [0.1, 0.15) is 5.82 Å². The van der Waals surface area contributed by atoms with Gasteiger partial charge in [-0.25, -0.2) is 17.8 Å². The number of anilines is 2. The molecule has 2 rings (SSSR count). The molecule has 0 bridgehead atoms. The van der Waals surface area contributed by atoms with Gasteiger partial charge in [0.15, 0.2) is 5.82 Å². The van der Waals surface area contributed by atoms with Crippen LogP contribution in [0.3, 0.4) is 0 Å². The highest BCUT2D eigenvalue weighted by atomic mass is 32.2. The molecule has 0 fully saturated rings. The third kappa shape index (κ3) is 3.05. The molecule has 0 amide bonds. The van der Waals surface area contributed by atoms with Crippen molar-refractivity contribution in [3.8, 4) is 0 Å². The summed E-state index contributed by atoms with van der Waals surface area (Å²) in [6.45, 7) is 0. The zero-order valence-electron chi connectivity index (χ0n) is 11.0. The number of sulfonamides is 1. The van der Waals surface area contributed by atoms with Gasteiger partial charge in [0.2, 0.25) is 0 Å². The number of nitrogens with one attached hydrogen (secondary N) is 1. The fourth-order valence-electron chi connectivity index (χ4n) is 1.67. The molecular weight excluding hydrogens is 281 g/mol. The first-order valence-corrected chi connectivity index (χ1v) is 7.29. The van der Waals surface area contributed by atoms with Gasteiger partial charge >= 0.3 is 0 Å². The topological polar surface area (TPSA) is 62.3 Å². The molecule has 5 nitrogen and oxygen atoms in total. The van der Waals surface area contributed by atoms with Crippen molar-refractivity contribution in [2.45, 2.75) is 4.90 Å². The van der Waals surface area contributed by atoms with Crippen LogP contribution in [-0.2, 0) is 10.0 Å². The van der Waals surface area contributed by atoms with Crippen LogP contribution in [0.25, 0.3) is 0 Å². The molecule has 0 spiro atoms. The lowest BCUT2D eigenvalue weighted by Crippen LogP contribution is -2.18. The Kier molecular flexibility index (Phi) is 3.89. The number of hydrogen-bond acceptors (Lipinski definition) is 4. The molecule has 0 saturated carbocycles. The quantitative estimate of drug-likeness (QED) is 0.938. The molecule has 1 aromatic heterocycles. The van der Waals surface area contributed by atoms with Gasteiger partial charge in [-0.2, -0.15) is 0 Å². The highest BCUT2D eigenvalue weighted by Gasteiger charge is 2.17. The van der Waals surface area contributed by atoms with Gasteiger partial charge in [-0.1, -0.05) is 6.07 Å². The standard InChI is InChI=1S/C13H14FN3O2S/c1-17(2)13-12(7-4-8-15-13)16-20(18,19)11-6-3-5-10(14)9-11/h3-9,16H,1-2H3. The molecule has 20 heavy (non-hydrogen) atoms. The maximum atomic E-state index is 13.1. The Morgan fingerprint density at radius 3 is 2.60 bits per heavy atom. The predicted octanol–water partition coefficient (Wildman–Crippen LogP) is 2.09. The van der Waals surface area contributed by atoms with E-state index in [2.05, 4.69) is 9.71 Å². The lowest BCUT2D eigenvalue weighted by molar-refractivity contribution is 0.595. The summed E-state index contributed by atoms with van der Waals surface area (Å²) < 4.78 is 40.0. The minimum absolute atomic E-state index is 0.133. The maximum Gasteiger partial charge on any atom is 0.262 e. The number of halogens is 1. The molecule has 1 heterocycles. The van der Waals surface area contributed by atoms with E-state index < -0.39 is 15.8 Å². The van der Waals surface area contributed by atoms with E-state index in [4.69, 9.17) is 0 Å². The van der Waals surface area contributed by atoms with Gasteiger partial charge in [0.05, 0.1) is 10.6 Å². The van der Waals surface area contributed by atoms with Crippen molar-refractivity contribution in [3.63, 3.8) is 0 Å². The van der Waals surface area contributed by atoms with E-state index in [0.29, 0.717) is 11.5 Å². The van der Waals surface area contributed by atoms with Crippen LogP contribution < -0.4 is 9.62 Å². The zero-order valence-corrected chi connectivity index (χ0v) is 11.9. The average Bonchev–Trinajstić information content (AvgIpc) is 2.38. The second-order valence-corrected chi connectivity index (χ2v) is 6.01. The Bertz CT molecular complexity index is 717. The molecule has 0 radical (unpaired) electrons. The van der Waals surface area contributed by atoms with Gasteiger partial charge in [0.25, 0.3) is 10.0 Å². The van der Waals surface area contributed by atoms with Crippen molar-refractivity contribution >= 4 is 21.5 Å². The summed E-state index contributed by atoms with van der Waals surface area (Å²) in [6, 6.07) is 8.05. The molecule has 0 unspecified atom stereocenters. The van der Waals surface area contributed by atoms with E-state index in [0.717, 1.165) is 6.07 Å². The Morgan fingerprint density at radius 2 is 1.95 bits per heavy atom. The molecule has 1 N–H and O–H groups in total. The Morgan fingerprint density at radius 1 is 1.20 bits per heavy atom. The maximum absolute atomic E-state index is 13.1. The van der Waals surface area contributed by atoms with E-state index in [1.807, 2.05) is 0 Å². The van der Waals surface area contributed by atoms with Crippen LogP contribution in [-0.4, -0.2) is 27.5 Å². The Labute approximate surface area is 117 Å². The first-order valence-electron chi connectivity index (χ1n) is 5.81. The highest BCUT2D eigenvalue weighted by Crippen LogP contribution is 2.24. The first kappa shape index (κ1) is 14.3. The summed E-state index contributed by atoms with van der Waals surface area (Å²) >= 11 is 0. The van der Waals surface area contributed by atoms with Crippen molar-refractivity contribution in [2.24, 2.45) is 0 Å². The first-order chi connectivity index (χ1) is 9.40. The summed E-state index contributed by atoms with van der Waals surface area (Å²) in [7, 11) is -0.344. The van der Waals surface area contributed by atoms with E-state index in [-0.39, 0.29) is 4.90 Å². The summed E-state index contributed by atoms with van der Waals surface area (Å²) in [5.74, 6) is -0.126. The number of aromatic nitrogens is 1. The lowest BCUT2D eigenvalue weighted by atomic mass is 10.4. The fourth-order valence-corrected chi connectivity index (χ4v) is 2.76. The molecule has 0 saturated heterocycles. The van der Waals surface area contributed by atoms with Crippen molar-refractivity contribution in [1.82, 2.24) is 4.98 Å². The number of rotatable bonds is 4. The molecule has 0 aliphatic carbocycles. The number of benzene rings is 1. The van der Waals surface area contributed by atoms with Crippen molar-refractivity contribution in [2.75, 3.05) is 23.7 Å². The second-order valence-electron chi connectivity index (χ2n) is 4.33. The molecule has 7 heteroatoms. The van der Waals surface area contributed by atoms with E-state index >= 15 is 0 Å². The molecule has 2 aromatic rings. The van der Waals surface area contributed by atoms with Gasteiger partial charge < -0.3 is 4.90 Å². The average molecular weight is 295 g/mol. The van der Waals surface area contributed by atoms with Gasteiger partial charge in [-0.15, -0.1) is 0 Å². The summed E-state index contributed by atoms with van der Waals surface area (Å²) in [5, 5.41) is 0. The Balaban J connectivity index is 2.39. The second kappa shape index (κ2) is 5.46. The molecular formula is C13H14FN3O2S. The zero-order chi connectivity index (χ0) is 14.8. The monoisotopic (exact) mass is 295 g/mol. The summed E-state index contributed by atoms with van der Waals surface area (Å²) in [4.78, 5) is 5.65. The molecule has 0 aliphatic rings. The van der Waals surface area contributed by atoms with Gasteiger partial charge in [0, 0.05) is 20.3 Å². The smallest absolute Gasteiger partial charge is 0.262 e. The van der Waals surface area contributed by atoms with Crippen LogP contribution in [0.4, 0.5) is 15.9 Å². The van der Waals surface area contributed by atoms with E-state index in [1.165, 1.54) is 18.2 Å². The largest absolute Gasteiger partial charge is 0.361 e. The SMILES string of the molecule is CN(C)c1ncccc1NS(=O)(=O)c1cccc(F)c1. The lowest BCUT2D eigenvalue weighted by Gasteiger charge is -2.16.